The van der Waals surface area contributed by atoms with E-state index in [1.807, 2.05) is 32.2 Å². The summed E-state index contributed by atoms with van der Waals surface area (Å²) in [5, 5.41) is 3.06. The second kappa shape index (κ2) is 5.60. The molecule has 0 radical (unpaired) electrons. The Balaban J connectivity index is 2.63. The zero-order valence-electron chi connectivity index (χ0n) is 9.08. The van der Waals surface area contributed by atoms with Crippen LogP contribution in [0.5, 0.6) is 5.88 Å². The van der Waals surface area contributed by atoms with Crippen LogP contribution in [0, 0.1) is 0 Å². The Kier molecular flexibility index (Phi) is 4.40. The van der Waals surface area contributed by atoms with Gasteiger partial charge in [-0.3, -0.25) is 0 Å². The zero-order valence-corrected chi connectivity index (χ0v) is 9.08. The number of aromatic nitrogens is 1. The molecule has 0 aliphatic rings. The number of nitrogens with one attached hydrogen (secondary N) is 1. The molecule has 1 rings (SSSR count). The number of nitrogens with zero attached hydrogens (tertiary/aromatic N) is 1. The Labute approximate surface area is 85.5 Å². The lowest BCUT2D eigenvalue weighted by Crippen LogP contribution is -2.12. The standard InChI is InChI=1S/C11H18N2O/c1-4-9(2)14-11-7-5-6-10(13-11)8-12-3/h5-7,9,12H,4,8H2,1-3H3. The molecule has 0 saturated carbocycles. The lowest BCUT2D eigenvalue weighted by atomic mass is 10.3. The first kappa shape index (κ1) is 11.0. The predicted molar refractivity (Wildman–Crippen MR) is 57.4 cm³/mol. The van der Waals surface area contributed by atoms with Crippen molar-refractivity contribution < 1.29 is 4.74 Å². The number of rotatable bonds is 5. The number of ether oxygens (including phenoxy) is 1. The third kappa shape index (κ3) is 3.34. The van der Waals surface area contributed by atoms with Crippen LogP contribution in [0.15, 0.2) is 18.2 Å². The monoisotopic (exact) mass is 194 g/mol. The van der Waals surface area contributed by atoms with Crippen LogP contribution < -0.4 is 10.1 Å². The maximum Gasteiger partial charge on any atom is 0.213 e. The minimum absolute atomic E-state index is 0.229. The Hall–Kier alpha value is -1.09. The van der Waals surface area contributed by atoms with E-state index in [-0.39, 0.29) is 6.10 Å². The van der Waals surface area contributed by atoms with Gasteiger partial charge in [0.15, 0.2) is 0 Å². The molecule has 0 aromatic carbocycles. The van der Waals surface area contributed by atoms with E-state index in [9.17, 15) is 0 Å². The topological polar surface area (TPSA) is 34.1 Å². The van der Waals surface area contributed by atoms with E-state index in [1.165, 1.54) is 0 Å². The molecule has 0 spiro atoms. The molecule has 78 valence electrons. The van der Waals surface area contributed by atoms with Crippen LogP contribution in [-0.4, -0.2) is 18.1 Å². The molecule has 1 heterocycles. The molecule has 0 aliphatic carbocycles. The van der Waals surface area contributed by atoms with Crippen molar-refractivity contribution in [3.05, 3.63) is 23.9 Å². The fourth-order valence-corrected chi connectivity index (χ4v) is 1.09. The lowest BCUT2D eigenvalue weighted by Gasteiger charge is -2.11. The number of pyridine rings is 1. The van der Waals surface area contributed by atoms with Crippen molar-refractivity contribution in [3.63, 3.8) is 0 Å². The van der Waals surface area contributed by atoms with Gasteiger partial charge in [0.25, 0.3) is 0 Å². The average molecular weight is 194 g/mol. The van der Waals surface area contributed by atoms with Crippen LogP contribution >= 0.6 is 0 Å². The Bertz CT molecular complexity index is 276. The van der Waals surface area contributed by atoms with Gasteiger partial charge in [0.1, 0.15) is 0 Å². The quantitative estimate of drug-likeness (QED) is 0.778. The molecule has 1 unspecified atom stereocenters. The molecule has 1 aromatic rings. The van der Waals surface area contributed by atoms with Gasteiger partial charge in [-0.05, 0) is 26.5 Å². The molecular formula is C11H18N2O. The minimum Gasteiger partial charge on any atom is -0.475 e. The molecule has 1 atom stereocenters. The molecule has 0 amide bonds. The summed E-state index contributed by atoms with van der Waals surface area (Å²) in [6.45, 7) is 4.92. The van der Waals surface area contributed by atoms with E-state index in [2.05, 4.69) is 17.2 Å². The van der Waals surface area contributed by atoms with E-state index >= 15 is 0 Å². The molecule has 0 saturated heterocycles. The molecule has 0 aliphatic heterocycles. The van der Waals surface area contributed by atoms with Crippen molar-refractivity contribution in [1.82, 2.24) is 10.3 Å². The summed E-state index contributed by atoms with van der Waals surface area (Å²) < 4.78 is 5.61. The lowest BCUT2D eigenvalue weighted by molar-refractivity contribution is 0.208. The highest BCUT2D eigenvalue weighted by Gasteiger charge is 2.02. The molecule has 0 bridgehead atoms. The van der Waals surface area contributed by atoms with Gasteiger partial charge in [0.2, 0.25) is 5.88 Å². The van der Waals surface area contributed by atoms with Crippen molar-refractivity contribution in [2.45, 2.75) is 32.9 Å². The third-order valence-corrected chi connectivity index (χ3v) is 2.04. The van der Waals surface area contributed by atoms with Gasteiger partial charge in [0.05, 0.1) is 11.8 Å². The number of hydrogen-bond acceptors (Lipinski definition) is 3. The Morgan fingerprint density at radius 1 is 1.50 bits per heavy atom. The maximum atomic E-state index is 5.61. The van der Waals surface area contributed by atoms with Crippen molar-refractivity contribution in [3.8, 4) is 5.88 Å². The summed E-state index contributed by atoms with van der Waals surface area (Å²) >= 11 is 0. The summed E-state index contributed by atoms with van der Waals surface area (Å²) in [7, 11) is 1.91. The Morgan fingerprint density at radius 2 is 2.29 bits per heavy atom. The van der Waals surface area contributed by atoms with Crippen LogP contribution in [0.4, 0.5) is 0 Å². The van der Waals surface area contributed by atoms with E-state index in [4.69, 9.17) is 4.74 Å². The molecule has 1 aromatic heterocycles. The second-order valence-electron chi connectivity index (χ2n) is 3.33. The summed E-state index contributed by atoms with van der Waals surface area (Å²) in [6, 6.07) is 5.85. The van der Waals surface area contributed by atoms with Crippen LogP contribution in [-0.2, 0) is 6.54 Å². The highest BCUT2D eigenvalue weighted by molar-refractivity contribution is 5.15. The van der Waals surface area contributed by atoms with Crippen LogP contribution in [0.3, 0.4) is 0 Å². The molecule has 1 N–H and O–H groups in total. The predicted octanol–water partition coefficient (Wildman–Crippen LogP) is 1.98. The fourth-order valence-electron chi connectivity index (χ4n) is 1.09. The third-order valence-electron chi connectivity index (χ3n) is 2.04. The summed E-state index contributed by atoms with van der Waals surface area (Å²) in [5.41, 5.74) is 1.01. The average Bonchev–Trinajstić information content (AvgIpc) is 2.19. The van der Waals surface area contributed by atoms with E-state index in [1.54, 1.807) is 0 Å². The Morgan fingerprint density at radius 3 is 2.93 bits per heavy atom. The van der Waals surface area contributed by atoms with Crippen LogP contribution in [0.1, 0.15) is 26.0 Å². The second-order valence-corrected chi connectivity index (χ2v) is 3.33. The first-order valence-corrected chi connectivity index (χ1v) is 5.03. The molecule has 14 heavy (non-hydrogen) atoms. The van der Waals surface area contributed by atoms with Crippen LogP contribution in [0.2, 0.25) is 0 Å². The summed E-state index contributed by atoms with van der Waals surface area (Å²) in [4.78, 5) is 4.37. The van der Waals surface area contributed by atoms with Gasteiger partial charge in [-0.15, -0.1) is 0 Å². The molecular weight excluding hydrogens is 176 g/mol. The van der Waals surface area contributed by atoms with Crippen molar-refractivity contribution in [1.29, 1.82) is 0 Å². The van der Waals surface area contributed by atoms with E-state index in [0.717, 1.165) is 18.7 Å². The fraction of sp³-hybridized carbons (Fsp3) is 0.545. The van der Waals surface area contributed by atoms with E-state index < -0.39 is 0 Å². The molecule has 0 fully saturated rings. The van der Waals surface area contributed by atoms with Gasteiger partial charge in [-0.1, -0.05) is 13.0 Å². The highest BCUT2D eigenvalue weighted by atomic mass is 16.5. The largest absolute Gasteiger partial charge is 0.475 e. The van der Waals surface area contributed by atoms with Crippen molar-refractivity contribution in [2.24, 2.45) is 0 Å². The van der Waals surface area contributed by atoms with Crippen molar-refractivity contribution >= 4 is 0 Å². The molecule has 3 heteroatoms. The summed E-state index contributed by atoms with van der Waals surface area (Å²) in [6.07, 6.45) is 1.23. The molecule has 3 nitrogen and oxygen atoms in total. The van der Waals surface area contributed by atoms with Gasteiger partial charge in [0, 0.05) is 12.6 Å². The smallest absolute Gasteiger partial charge is 0.213 e. The maximum absolute atomic E-state index is 5.61. The first-order chi connectivity index (χ1) is 6.76. The summed E-state index contributed by atoms with van der Waals surface area (Å²) in [5.74, 6) is 0.715. The van der Waals surface area contributed by atoms with E-state index in [0.29, 0.717) is 5.88 Å². The van der Waals surface area contributed by atoms with Gasteiger partial charge >= 0.3 is 0 Å². The zero-order chi connectivity index (χ0) is 10.4. The van der Waals surface area contributed by atoms with Gasteiger partial charge < -0.3 is 10.1 Å². The van der Waals surface area contributed by atoms with Crippen LogP contribution in [0.25, 0.3) is 0 Å². The van der Waals surface area contributed by atoms with Gasteiger partial charge in [-0.2, -0.15) is 0 Å². The first-order valence-electron chi connectivity index (χ1n) is 5.03. The SMILES string of the molecule is CCC(C)Oc1cccc(CNC)n1. The number of hydrogen-bond donors (Lipinski definition) is 1. The van der Waals surface area contributed by atoms with Gasteiger partial charge in [-0.25, -0.2) is 4.98 Å². The normalized spacial score (nSPS) is 12.5. The highest BCUT2D eigenvalue weighted by Crippen LogP contribution is 2.10. The van der Waals surface area contributed by atoms with Crippen molar-refractivity contribution in [2.75, 3.05) is 7.05 Å². The minimum atomic E-state index is 0.229.